The van der Waals surface area contributed by atoms with Crippen LogP contribution in [0.2, 0.25) is 0 Å². The average Bonchev–Trinajstić information content (AvgIpc) is 3.34. The lowest BCUT2D eigenvalue weighted by Gasteiger charge is -2.33. The molecule has 2 atom stereocenters. The number of nitro groups is 1. The number of fused-ring (bicyclic) bond motifs is 1. The molecule has 2 aromatic rings. The number of carbonyl (C=O) groups excluding carboxylic acids is 2. The van der Waals surface area contributed by atoms with Crippen LogP contribution >= 0.6 is 0 Å². The minimum absolute atomic E-state index is 0.101. The monoisotopic (exact) mass is 409 g/mol. The summed E-state index contributed by atoms with van der Waals surface area (Å²) in [7, 11) is 0. The molecule has 2 heterocycles. The molecular formula is C21H19N3O6. The van der Waals surface area contributed by atoms with Crippen molar-refractivity contribution in [2.45, 2.75) is 32.3 Å². The van der Waals surface area contributed by atoms with Crippen molar-refractivity contribution in [2.24, 2.45) is 10.5 Å². The second-order valence-electron chi connectivity index (χ2n) is 7.52. The number of esters is 1. The van der Waals surface area contributed by atoms with Crippen molar-refractivity contribution in [2.75, 3.05) is 0 Å². The van der Waals surface area contributed by atoms with Crippen LogP contribution in [0, 0.1) is 15.5 Å². The van der Waals surface area contributed by atoms with E-state index in [1.54, 1.807) is 18.6 Å². The van der Waals surface area contributed by atoms with Crippen molar-refractivity contribution < 1.29 is 23.7 Å². The van der Waals surface area contributed by atoms with Gasteiger partial charge in [-0.25, -0.2) is 10.2 Å². The number of hydrogen-bond donors (Lipinski definition) is 1. The molecule has 0 unspecified atom stereocenters. The van der Waals surface area contributed by atoms with E-state index in [4.69, 9.17) is 9.15 Å². The molecule has 1 saturated heterocycles. The van der Waals surface area contributed by atoms with E-state index >= 15 is 0 Å². The number of carbonyl (C=O) groups is 2. The summed E-state index contributed by atoms with van der Waals surface area (Å²) in [6.07, 6.45) is 6.48. The van der Waals surface area contributed by atoms with Gasteiger partial charge in [-0.05, 0) is 43.0 Å². The Balaban J connectivity index is 1.53. The van der Waals surface area contributed by atoms with Gasteiger partial charge >= 0.3 is 5.97 Å². The van der Waals surface area contributed by atoms with Crippen molar-refractivity contribution in [1.82, 2.24) is 5.43 Å². The number of nitrogens with one attached hydrogen (secondary N) is 1. The zero-order valence-electron chi connectivity index (χ0n) is 16.2. The first-order valence-corrected chi connectivity index (χ1v) is 9.45. The van der Waals surface area contributed by atoms with Crippen molar-refractivity contribution in [1.29, 1.82) is 0 Å². The van der Waals surface area contributed by atoms with Gasteiger partial charge in [0.05, 0.1) is 29.2 Å². The summed E-state index contributed by atoms with van der Waals surface area (Å²) < 4.78 is 10.8. The first kappa shape index (κ1) is 19.6. The number of allylic oxidation sites excluding steroid dienone is 1. The lowest BCUT2D eigenvalue weighted by molar-refractivity contribution is -0.384. The maximum atomic E-state index is 12.6. The number of hydrazone groups is 1. The number of rotatable bonds is 5. The highest BCUT2D eigenvalue weighted by atomic mass is 16.6. The minimum Gasteiger partial charge on any atom is -0.472 e. The predicted octanol–water partition coefficient (Wildman–Crippen LogP) is 3.69. The van der Waals surface area contributed by atoms with Gasteiger partial charge in [0, 0.05) is 28.7 Å². The highest BCUT2D eigenvalue weighted by Crippen LogP contribution is 2.55. The van der Waals surface area contributed by atoms with Gasteiger partial charge in [0.1, 0.15) is 6.10 Å². The molecule has 30 heavy (non-hydrogen) atoms. The maximum absolute atomic E-state index is 12.6. The fraction of sp³-hybridized carbons (Fsp3) is 0.286. The molecule has 0 saturated carbocycles. The van der Waals surface area contributed by atoms with E-state index in [9.17, 15) is 19.7 Å². The molecule has 0 bridgehead atoms. The molecule has 154 valence electrons. The van der Waals surface area contributed by atoms with Crippen LogP contribution in [0.1, 0.15) is 48.2 Å². The van der Waals surface area contributed by atoms with Crippen molar-refractivity contribution >= 4 is 23.8 Å². The maximum Gasteiger partial charge on any atom is 0.335 e. The van der Waals surface area contributed by atoms with Crippen LogP contribution in [0.5, 0.6) is 0 Å². The van der Waals surface area contributed by atoms with Gasteiger partial charge in [-0.2, -0.15) is 5.10 Å². The Kier molecular flexibility index (Phi) is 4.94. The molecular weight excluding hydrogens is 390 g/mol. The van der Waals surface area contributed by atoms with Crippen LogP contribution in [0.4, 0.5) is 5.69 Å². The molecule has 0 radical (unpaired) electrons. The van der Waals surface area contributed by atoms with Crippen molar-refractivity contribution in [3.63, 3.8) is 0 Å². The van der Waals surface area contributed by atoms with Crippen LogP contribution in [0.15, 0.2) is 63.5 Å². The third-order valence-electron chi connectivity index (χ3n) is 5.61. The second kappa shape index (κ2) is 7.58. The Morgan fingerprint density at radius 1 is 1.33 bits per heavy atom. The van der Waals surface area contributed by atoms with Gasteiger partial charge in [0.15, 0.2) is 0 Å². The molecule has 1 aliphatic heterocycles. The molecule has 1 fully saturated rings. The van der Waals surface area contributed by atoms with Gasteiger partial charge in [0.2, 0.25) is 0 Å². The largest absolute Gasteiger partial charge is 0.472 e. The average molecular weight is 409 g/mol. The van der Waals surface area contributed by atoms with E-state index in [0.717, 1.165) is 24.0 Å². The SMILES string of the molecule is C[C@@]12CCCC(/C=N/NC(=O)c3ccc([N+](=O)[O-])cc3)=C1C(=O)O[C@H]2c1ccoc1. The fourth-order valence-electron chi connectivity index (χ4n) is 4.14. The quantitative estimate of drug-likeness (QED) is 0.348. The molecule has 9 nitrogen and oxygen atoms in total. The van der Waals surface area contributed by atoms with Crippen LogP contribution in [0.25, 0.3) is 0 Å². The van der Waals surface area contributed by atoms with Gasteiger partial charge in [-0.1, -0.05) is 6.92 Å². The van der Waals surface area contributed by atoms with Gasteiger partial charge < -0.3 is 9.15 Å². The highest BCUT2D eigenvalue weighted by Gasteiger charge is 2.53. The van der Waals surface area contributed by atoms with Crippen LogP contribution in [-0.4, -0.2) is 23.0 Å². The number of non-ortho nitro benzene ring substituents is 1. The molecule has 1 aromatic heterocycles. The Bertz CT molecular complexity index is 1050. The van der Waals surface area contributed by atoms with E-state index < -0.39 is 22.3 Å². The molecule has 0 spiro atoms. The van der Waals surface area contributed by atoms with Gasteiger partial charge in [-0.15, -0.1) is 0 Å². The Morgan fingerprint density at radius 2 is 2.10 bits per heavy atom. The van der Waals surface area contributed by atoms with Gasteiger partial charge in [0.25, 0.3) is 11.6 Å². The molecule has 4 rings (SSSR count). The number of benzene rings is 1. The van der Waals surface area contributed by atoms with Crippen molar-refractivity contribution in [3.05, 3.63) is 75.2 Å². The molecule has 1 N–H and O–H groups in total. The van der Waals surface area contributed by atoms with E-state index in [1.807, 2.05) is 6.92 Å². The third kappa shape index (κ3) is 3.38. The number of amides is 1. The molecule has 1 aliphatic carbocycles. The normalized spacial score (nSPS) is 23.4. The summed E-state index contributed by atoms with van der Waals surface area (Å²) in [5.74, 6) is -0.887. The smallest absolute Gasteiger partial charge is 0.335 e. The lowest BCUT2D eigenvalue weighted by Crippen LogP contribution is -2.27. The third-order valence-corrected chi connectivity index (χ3v) is 5.61. The van der Waals surface area contributed by atoms with Gasteiger partial charge in [-0.3, -0.25) is 14.9 Å². The summed E-state index contributed by atoms with van der Waals surface area (Å²) in [6.45, 7) is 1.99. The first-order valence-electron chi connectivity index (χ1n) is 9.45. The first-order chi connectivity index (χ1) is 14.4. The number of furan rings is 1. The molecule has 1 amide bonds. The van der Waals surface area contributed by atoms with E-state index in [2.05, 4.69) is 10.5 Å². The van der Waals surface area contributed by atoms with Crippen LogP contribution in [0.3, 0.4) is 0 Å². The Morgan fingerprint density at radius 3 is 2.77 bits per heavy atom. The van der Waals surface area contributed by atoms with Crippen LogP contribution in [-0.2, 0) is 9.53 Å². The topological polar surface area (TPSA) is 124 Å². The molecule has 2 aliphatic rings. The summed E-state index contributed by atoms with van der Waals surface area (Å²) in [6, 6.07) is 7.00. The van der Waals surface area contributed by atoms with E-state index in [0.29, 0.717) is 12.0 Å². The zero-order valence-corrected chi connectivity index (χ0v) is 16.2. The summed E-state index contributed by atoms with van der Waals surface area (Å²) in [4.78, 5) is 35.0. The predicted molar refractivity (Wildman–Crippen MR) is 106 cm³/mol. The lowest BCUT2D eigenvalue weighted by atomic mass is 9.68. The molecule has 9 heteroatoms. The Labute approximate surface area is 171 Å². The summed E-state index contributed by atoms with van der Waals surface area (Å²) >= 11 is 0. The second-order valence-corrected chi connectivity index (χ2v) is 7.52. The minimum atomic E-state index is -0.536. The van der Waals surface area contributed by atoms with E-state index in [1.165, 1.54) is 30.5 Å². The number of nitrogens with zero attached hydrogens (tertiary/aromatic N) is 2. The van der Waals surface area contributed by atoms with E-state index in [-0.39, 0.29) is 17.2 Å². The zero-order chi connectivity index (χ0) is 21.3. The summed E-state index contributed by atoms with van der Waals surface area (Å²) in [5, 5.41) is 14.7. The highest BCUT2D eigenvalue weighted by molar-refractivity contribution is 6.01. The standard InChI is InChI=1S/C21H19N3O6/c1-21-9-2-3-14(17(21)20(26)30-18(21)15-8-10-29-12-15)11-22-23-19(25)13-4-6-16(7-5-13)24(27)28/h4-8,10-12,18H,2-3,9H2,1H3,(H,23,25)/b22-11+/t18-,21+/m0/s1. The molecule has 1 aromatic carbocycles. The number of hydrogen-bond acceptors (Lipinski definition) is 7. The number of ether oxygens (including phenoxy) is 1. The summed E-state index contributed by atoms with van der Waals surface area (Å²) in [5.41, 5.74) is 4.16. The van der Waals surface area contributed by atoms with Crippen LogP contribution < -0.4 is 5.43 Å². The fourth-order valence-corrected chi connectivity index (χ4v) is 4.14. The van der Waals surface area contributed by atoms with Crippen molar-refractivity contribution in [3.8, 4) is 0 Å². The number of nitro benzene ring substituents is 1. The number of cyclic esters (lactones) is 1. The Hall–Kier alpha value is -3.75.